The van der Waals surface area contributed by atoms with Crippen molar-refractivity contribution in [3.05, 3.63) is 47.5 Å². The van der Waals surface area contributed by atoms with Gasteiger partial charge in [0.05, 0.1) is 12.2 Å². The van der Waals surface area contributed by atoms with Gasteiger partial charge in [0, 0.05) is 12.7 Å². The molecule has 0 aliphatic heterocycles. The maximum atomic E-state index is 13.5. The van der Waals surface area contributed by atoms with Crippen molar-refractivity contribution < 1.29 is 13.5 Å². The summed E-state index contributed by atoms with van der Waals surface area (Å²) in [6.45, 7) is 0.838. The minimum absolute atomic E-state index is 0.344. The van der Waals surface area contributed by atoms with Crippen molar-refractivity contribution >= 4 is 0 Å². The van der Waals surface area contributed by atoms with E-state index in [4.69, 9.17) is 10.00 Å². The van der Waals surface area contributed by atoms with Gasteiger partial charge < -0.3 is 4.74 Å². The van der Waals surface area contributed by atoms with Crippen LogP contribution in [0, 0.1) is 34.8 Å². The summed E-state index contributed by atoms with van der Waals surface area (Å²) in [7, 11) is 0. The van der Waals surface area contributed by atoms with Crippen LogP contribution in [0.2, 0.25) is 0 Å². The number of hydrogen-bond acceptors (Lipinski definition) is 2. The highest BCUT2D eigenvalue weighted by molar-refractivity contribution is 5.22. The van der Waals surface area contributed by atoms with Crippen LogP contribution in [0.15, 0.2) is 30.4 Å². The van der Waals surface area contributed by atoms with Crippen LogP contribution in [0.25, 0.3) is 0 Å². The molecule has 0 amide bonds. The Bertz CT molecular complexity index is 680. The topological polar surface area (TPSA) is 33.0 Å². The first-order chi connectivity index (χ1) is 13.7. The fourth-order valence-electron chi connectivity index (χ4n) is 4.76. The van der Waals surface area contributed by atoms with E-state index in [2.05, 4.69) is 0 Å². The average molecular weight is 388 g/mol. The van der Waals surface area contributed by atoms with Crippen molar-refractivity contribution in [2.24, 2.45) is 11.8 Å². The van der Waals surface area contributed by atoms with Gasteiger partial charge in [0.2, 0.25) is 0 Å². The second-order valence-corrected chi connectivity index (χ2v) is 8.48. The van der Waals surface area contributed by atoms with Gasteiger partial charge in [-0.25, -0.2) is 8.78 Å². The summed E-state index contributed by atoms with van der Waals surface area (Å²) in [6.07, 6.45) is 15.2. The van der Waals surface area contributed by atoms with Crippen LogP contribution in [0.5, 0.6) is 0 Å². The SMILES string of the molecule is N#CC=CCCC1CCC(OCC2CCC(c3ccc(F)c(F)c3)CC2)CC1. The summed E-state index contributed by atoms with van der Waals surface area (Å²) >= 11 is 0. The van der Waals surface area contributed by atoms with Gasteiger partial charge in [-0.05, 0) is 99.7 Å². The molecule has 0 heterocycles. The molecule has 2 aliphatic rings. The van der Waals surface area contributed by atoms with Crippen molar-refractivity contribution in [2.45, 2.75) is 76.2 Å². The number of rotatable bonds is 7. The van der Waals surface area contributed by atoms with Crippen LogP contribution >= 0.6 is 0 Å². The average Bonchev–Trinajstić information content (AvgIpc) is 2.73. The molecule has 0 saturated heterocycles. The first kappa shape index (κ1) is 21.0. The normalized spacial score (nSPS) is 28.3. The molecule has 0 atom stereocenters. The molecule has 0 radical (unpaired) electrons. The van der Waals surface area contributed by atoms with E-state index in [9.17, 15) is 8.78 Å². The third-order valence-electron chi connectivity index (χ3n) is 6.56. The second kappa shape index (κ2) is 10.7. The van der Waals surface area contributed by atoms with E-state index in [1.54, 1.807) is 12.1 Å². The number of nitrogens with zero attached hydrogens (tertiary/aromatic N) is 1. The number of allylic oxidation sites excluding steroid dienone is 2. The summed E-state index contributed by atoms with van der Waals surface area (Å²) in [5.41, 5.74) is 0.932. The Morgan fingerprint density at radius 2 is 1.68 bits per heavy atom. The van der Waals surface area contributed by atoms with Crippen LogP contribution < -0.4 is 0 Å². The van der Waals surface area contributed by atoms with Crippen LogP contribution in [-0.2, 0) is 4.74 Å². The summed E-state index contributed by atoms with van der Waals surface area (Å²) in [6, 6.07) is 6.39. The van der Waals surface area contributed by atoms with E-state index in [1.165, 1.54) is 31.4 Å². The van der Waals surface area contributed by atoms with E-state index in [1.807, 2.05) is 12.1 Å². The van der Waals surface area contributed by atoms with Gasteiger partial charge in [-0.1, -0.05) is 12.1 Å². The summed E-state index contributed by atoms with van der Waals surface area (Å²) < 4.78 is 32.8. The number of hydrogen-bond donors (Lipinski definition) is 0. The zero-order valence-electron chi connectivity index (χ0n) is 16.6. The lowest BCUT2D eigenvalue weighted by Gasteiger charge is -2.32. The summed E-state index contributed by atoms with van der Waals surface area (Å²) in [4.78, 5) is 0. The van der Waals surface area contributed by atoms with Gasteiger partial charge in [-0.2, -0.15) is 5.26 Å². The minimum atomic E-state index is -0.765. The van der Waals surface area contributed by atoms with Gasteiger partial charge >= 0.3 is 0 Å². The predicted molar refractivity (Wildman–Crippen MR) is 107 cm³/mol. The molecule has 0 unspecified atom stereocenters. The Hall–Kier alpha value is -1.73. The van der Waals surface area contributed by atoms with E-state index in [-0.39, 0.29) is 0 Å². The van der Waals surface area contributed by atoms with Crippen LogP contribution in [0.1, 0.15) is 75.7 Å². The Kier molecular flexibility index (Phi) is 8.03. The highest BCUT2D eigenvalue weighted by Gasteiger charge is 2.26. The fraction of sp³-hybridized carbons (Fsp3) is 0.625. The molecule has 2 saturated carbocycles. The summed E-state index contributed by atoms with van der Waals surface area (Å²) in [5.74, 6) is 0.209. The summed E-state index contributed by atoms with van der Waals surface area (Å²) in [5, 5.41) is 8.52. The standard InChI is InChI=1S/C24H31F2NO/c25-23-14-11-21(16-24(23)26)20-9-5-19(6-10-20)17-28-22-12-7-18(8-13-22)4-2-1-3-15-27/h1,3,11,14,16,18-20,22H,2,4-10,12-13,17H2. The predicted octanol–water partition coefficient (Wildman–Crippen LogP) is 6.67. The molecule has 0 spiro atoms. The molecule has 3 rings (SSSR count). The van der Waals surface area contributed by atoms with Gasteiger partial charge in [0.1, 0.15) is 0 Å². The molecule has 152 valence electrons. The molecule has 4 heteroatoms. The Morgan fingerprint density at radius 3 is 2.36 bits per heavy atom. The number of nitriles is 1. The zero-order valence-corrected chi connectivity index (χ0v) is 16.6. The molecular weight excluding hydrogens is 356 g/mol. The number of halogens is 2. The lowest BCUT2D eigenvalue weighted by atomic mass is 9.79. The van der Waals surface area contributed by atoms with E-state index in [0.29, 0.717) is 17.9 Å². The lowest BCUT2D eigenvalue weighted by molar-refractivity contribution is -0.00824. The maximum Gasteiger partial charge on any atom is 0.159 e. The smallest absolute Gasteiger partial charge is 0.159 e. The first-order valence-corrected chi connectivity index (χ1v) is 10.8. The Morgan fingerprint density at radius 1 is 0.964 bits per heavy atom. The third kappa shape index (κ3) is 6.14. The van der Waals surface area contributed by atoms with Gasteiger partial charge in [0.25, 0.3) is 0 Å². The fourth-order valence-corrected chi connectivity index (χ4v) is 4.76. The zero-order chi connectivity index (χ0) is 19.8. The van der Waals surface area contributed by atoms with Crippen LogP contribution in [0.4, 0.5) is 8.78 Å². The quantitative estimate of drug-likeness (QED) is 0.489. The highest BCUT2D eigenvalue weighted by Crippen LogP contribution is 2.37. The van der Waals surface area contributed by atoms with Gasteiger partial charge in [-0.3, -0.25) is 0 Å². The van der Waals surface area contributed by atoms with Crippen molar-refractivity contribution in [1.29, 1.82) is 5.26 Å². The van der Waals surface area contributed by atoms with Gasteiger partial charge in [0.15, 0.2) is 11.6 Å². The first-order valence-electron chi connectivity index (χ1n) is 10.8. The van der Waals surface area contributed by atoms with Crippen LogP contribution in [0.3, 0.4) is 0 Å². The molecule has 2 fully saturated rings. The second-order valence-electron chi connectivity index (χ2n) is 8.48. The largest absolute Gasteiger partial charge is 0.378 e. The highest BCUT2D eigenvalue weighted by atomic mass is 19.2. The molecule has 2 aliphatic carbocycles. The van der Waals surface area contributed by atoms with E-state index < -0.39 is 11.6 Å². The van der Waals surface area contributed by atoms with Crippen molar-refractivity contribution in [2.75, 3.05) is 6.61 Å². The number of benzene rings is 1. The van der Waals surface area contributed by atoms with Gasteiger partial charge in [-0.15, -0.1) is 0 Å². The monoisotopic (exact) mass is 387 g/mol. The molecule has 0 aromatic heterocycles. The molecule has 0 N–H and O–H groups in total. The Labute approximate surface area is 167 Å². The minimum Gasteiger partial charge on any atom is -0.378 e. The van der Waals surface area contributed by atoms with Crippen LogP contribution in [-0.4, -0.2) is 12.7 Å². The van der Waals surface area contributed by atoms with E-state index in [0.717, 1.165) is 63.0 Å². The molecule has 1 aromatic rings. The van der Waals surface area contributed by atoms with E-state index >= 15 is 0 Å². The van der Waals surface area contributed by atoms with Crippen molar-refractivity contribution in [3.8, 4) is 6.07 Å². The van der Waals surface area contributed by atoms with Crippen molar-refractivity contribution in [1.82, 2.24) is 0 Å². The molecular formula is C24H31F2NO. The third-order valence-corrected chi connectivity index (χ3v) is 6.56. The maximum absolute atomic E-state index is 13.5. The molecule has 0 bridgehead atoms. The van der Waals surface area contributed by atoms with Crippen molar-refractivity contribution in [3.63, 3.8) is 0 Å². The molecule has 28 heavy (non-hydrogen) atoms. The lowest BCUT2D eigenvalue weighted by Crippen LogP contribution is -2.25. The molecule has 1 aromatic carbocycles. The molecule has 2 nitrogen and oxygen atoms in total. The Balaban J connectivity index is 1.32. The number of ether oxygens (including phenoxy) is 1.